The molecule has 3 aliphatic rings. The van der Waals surface area contributed by atoms with E-state index < -0.39 is 16.1 Å². The lowest BCUT2D eigenvalue weighted by Crippen LogP contribution is -2.48. The van der Waals surface area contributed by atoms with Crippen LogP contribution in [0.25, 0.3) is 22.2 Å². The van der Waals surface area contributed by atoms with Crippen molar-refractivity contribution in [2.24, 2.45) is 0 Å². The number of ether oxygens (including phenoxy) is 1. The number of amides is 1. The molecule has 1 atom stereocenters. The Morgan fingerprint density at radius 1 is 1.00 bits per heavy atom. The molecule has 1 unspecified atom stereocenters. The van der Waals surface area contributed by atoms with E-state index >= 15 is 0 Å². The molecule has 1 saturated carbocycles. The average molecular weight is 650 g/mol. The molecule has 1 aliphatic carbocycles. The molecule has 3 aromatic rings. The van der Waals surface area contributed by atoms with Crippen molar-refractivity contribution >= 4 is 27.0 Å². The van der Waals surface area contributed by atoms with Gasteiger partial charge in [-0.1, -0.05) is 50.8 Å². The third kappa shape index (κ3) is 6.46. The Morgan fingerprint density at radius 3 is 2.50 bits per heavy atom. The van der Waals surface area contributed by atoms with Gasteiger partial charge in [-0.15, -0.1) is 0 Å². The third-order valence-corrected chi connectivity index (χ3v) is 11.9. The molecule has 2 aromatic carbocycles. The number of carbonyl (C=O) groups is 1. The van der Waals surface area contributed by atoms with Gasteiger partial charge in [0.15, 0.2) is 0 Å². The van der Waals surface area contributed by atoms with E-state index in [1.165, 1.54) is 47.4 Å². The first-order valence-corrected chi connectivity index (χ1v) is 18.7. The number of rotatable bonds is 4. The quantitative estimate of drug-likeness (QED) is 0.394. The third-order valence-electron chi connectivity index (χ3n) is 10.5. The van der Waals surface area contributed by atoms with Gasteiger partial charge in [-0.25, -0.2) is 4.72 Å². The fraction of sp³-hybridized carbons (Fsp3) is 0.583. The number of para-hydroxylation sites is 1. The van der Waals surface area contributed by atoms with Crippen LogP contribution < -0.4 is 9.46 Å². The summed E-state index contributed by atoms with van der Waals surface area (Å²) in [6.07, 6.45) is 7.93. The summed E-state index contributed by atoms with van der Waals surface area (Å²) in [7, 11) is -0.304. The maximum Gasteiger partial charge on any atom is 0.303 e. The second kappa shape index (κ2) is 13.7. The first-order chi connectivity index (χ1) is 22.1. The van der Waals surface area contributed by atoms with Crippen molar-refractivity contribution in [1.29, 1.82) is 0 Å². The lowest BCUT2D eigenvalue weighted by Gasteiger charge is -2.35. The zero-order valence-corrected chi connectivity index (χ0v) is 29.0. The molecule has 1 fully saturated rings. The predicted molar refractivity (Wildman–Crippen MR) is 185 cm³/mol. The van der Waals surface area contributed by atoms with Crippen LogP contribution in [0.2, 0.25) is 0 Å². The Balaban J connectivity index is 1.59. The lowest BCUT2D eigenvalue weighted by molar-refractivity contribution is 0.0978. The van der Waals surface area contributed by atoms with Gasteiger partial charge in [0.2, 0.25) is 0 Å². The predicted octanol–water partition coefficient (Wildman–Crippen LogP) is 5.63. The van der Waals surface area contributed by atoms with E-state index in [0.29, 0.717) is 31.2 Å². The van der Waals surface area contributed by atoms with E-state index in [1.54, 1.807) is 6.07 Å². The fourth-order valence-electron chi connectivity index (χ4n) is 7.66. The summed E-state index contributed by atoms with van der Waals surface area (Å²) in [5.74, 6) is 0.784. The number of benzene rings is 2. The number of likely N-dealkylation sites (N-methyl/N-ethyl adjacent to an activating group) is 2. The monoisotopic (exact) mass is 649 g/mol. The molecule has 10 heteroatoms. The average Bonchev–Trinajstić information content (AvgIpc) is 3.34. The van der Waals surface area contributed by atoms with E-state index in [2.05, 4.69) is 71.2 Å². The Kier molecular flexibility index (Phi) is 9.80. The molecule has 0 spiro atoms. The van der Waals surface area contributed by atoms with Gasteiger partial charge in [0.25, 0.3) is 5.91 Å². The Morgan fingerprint density at radius 2 is 1.76 bits per heavy atom. The van der Waals surface area contributed by atoms with E-state index in [0.717, 1.165) is 61.0 Å². The van der Waals surface area contributed by atoms with Gasteiger partial charge in [-0.2, -0.15) is 12.7 Å². The van der Waals surface area contributed by atoms with Crippen LogP contribution in [0.3, 0.4) is 0 Å². The molecule has 0 saturated heterocycles. The van der Waals surface area contributed by atoms with Crippen LogP contribution in [-0.4, -0.2) is 92.0 Å². The molecule has 0 radical (unpaired) electrons. The molecule has 4 bridgehead atoms. The number of aryl methyl sites for hydroxylation is 1. The van der Waals surface area contributed by atoms with Gasteiger partial charge in [-0.3, -0.25) is 14.6 Å². The highest BCUT2D eigenvalue weighted by Gasteiger charge is 2.33. The summed E-state index contributed by atoms with van der Waals surface area (Å²) in [4.78, 5) is 18.3. The van der Waals surface area contributed by atoms with Crippen molar-refractivity contribution in [3.8, 4) is 17.0 Å². The van der Waals surface area contributed by atoms with Crippen LogP contribution >= 0.6 is 0 Å². The summed E-state index contributed by atoms with van der Waals surface area (Å²) in [6.45, 7) is 10.2. The summed E-state index contributed by atoms with van der Waals surface area (Å²) in [5, 5.41) is 1.15. The standard InChI is InChI=1S/C36H51N5O4S/c1-6-11-27-14-10-15-31-34-33(26-12-8-7-9-13-26)30-17-16-28-22-32(30)41(34)23-29(24-45-35(27)31)38(4)18-20-40(25(2)3)21-19-39(5)46(43,44)37-36(28)42/h10,14-17,22,25-26,29H,6-9,11-13,18-21,23-24H2,1-5H3,(H,37,42). The van der Waals surface area contributed by atoms with Crippen molar-refractivity contribution in [1.82, 2.24) is 23.4 Å². The molecular formula is C36H51N5O4S. The van der Waals surface area contributed by atoms with Crippen molar-refractivity contribution in [3.63, 3.8) is 0 Å². The topological polar surface area (TPSA) is 87.1 Å². The summed E-state index contributed by atoms with van der Waals surface area (Å²) >= 11 is 0. The van der Waals surface area contributed by atoms with Crippen LogP contribution in [0.1, 0.15) is 86.7 Å². The molecular weight excluding hydrogens is 598 g/mol. The van der Waals surface area contributed by atoms with Gasteiger partial charge in [0.05, 0.1) is 11.7 Å². The first-order valence-electron chi connectivity index (χ1n) is 17.2. The minimum absolute atomic E-state index is 0.0961. The van der Waals surface area contributed by atoms with Crippen LogP contribution in [0.15, 0.2) is 36.4 Å². The highest BCUT2D eigenvalue weighted by Crippen LogP contribution is 2.48. The van der Waals surface area contributed by atoms with Crippen molar-refractivity contribution in [3.05, 3.63) is 53.1 Å². The molecule has 46 heavy (non-hydrogen) atoms. The maximum atomic E-state index is 13.6. The van der Waals surface area contributed by atoms with Gasteiger partial charge < -0.3 is 9.30 Å². The minimum atomic E-state index is -4.01. The molecule has 3 heterocycles. The molecule has 250 valence electrons. The molecule has 6 rings (SSSR count). The second-order valence-electron chi connectivity index (χ2n) is 13.8. The summed E-state index contributed by atoms with van der Waals surface area (Å²) in [5.41, 5.74) is 6.23. The highest BCUT2D eigenvalue weighted by molar-refractivity contribution is 7.87. The molecule has 1 N–H and O–H groups in total. The molecule has 2 aliphatic heterocycles. The summed E-state index contributed by atoms with van der Waals surface area (Å²) < 4.78 is 39.4. The van der Waals surface area contributed by atoms with Gasteiger partial charge in [0.1, 0.15) is 12.4 Å². The van der Waals surface area contributed by atoms with Crippen molar-refractivity contribution < 1.29 is 17.9 Å². The van der Waals surface area contributed by atoms with Crippen LogP contribution in [0.4, 0.5) is 0 Å². The number of nitrogens with zero attached hydrogens (tertiary/aromatic N) is 4. The Labute approximate surface area is 275 Å². The van der Waals surface area contributed by atoms with Crippen LogP contribution in [-0.2, 0) is 23.2 Å². The SMILES string of the molecule is CCCc1cccc2c1OCC1Cn3c-2c(C2CCCCC2)c2ccc(cc23)C(=O)NS(=O)(=O)N(C)CCN(C(C)C)CCN1C. The van der Waals surface area contributed by atoms with E-state index in [9.17, 15) is 13.2 Å². The Bertz CT molecular complexity index is 1680. The normalized spacial score (nSPS) is 22.5. The first kappa shape index (κ1) is 33.0. The smallest absolute Gasteiger partial charge is 0.303 e. The van der Waals surface area contributed by atoms with Crippen LogP contribution in [0, 0.1) is 0 Å². The van der Waals surface area contributed by atoms with E-state index in [4.69, 9.17) is 4.74 Å². The van der Waals surface area contributed by atoms with E-state index in [1.807, 2.05) is 6.07 Å². The van der Waals surface area contributed by atoms with E-state index in [-0.39, 0.29) is 18.6 Å². The van der Waals surface area contributed by atoms with Gasteiger partial charge >= 0.3 is 10.2 Å². The number of fused-ring (bicyclic) bond motifs is 4. The number of hydrogen-bond donors (Lipinski definition) is 1. The van der Waals surface area contributed by atoms with Crippen molar-refractivity contribution in [2.45, 2.75) is 90.3 Å². The van der Waals surface area contributed by atoms with Crippen LogP contribution in [0.5, 0.6) is 5.75 Å². The molecule has 1 aromatic heterocycles. The largest absolute Gasteiger partial charge is 0.491 e. The fourth-order valence-corrected chi connectivity index (χ4v) is 8.49. The highest BCUT2D eigenvalue weighted by atomic mass is 32.2. The zero-order chi connectivity index (χ0) is 32.6. The number of nitrogens with one attached hydrogen (secondary N) is 1. The second-order valence-corrected chi connectivity index (χ2v) is 15.6. The van der Waals surface area contributed by atoms with Gasteiger partial charge in [0, 0.05) is 67.8 Å². The maximum absolute atomic E-state index is 13.6. The minimum Gasteiger partial charge on any atom is -0.491 e. The zero-order valence-electron chi connectivity index (χ0n) is 28.2. The van der Waals surface area contributed by atoms with Crippen molar-refractivity contribution in [2.75, 3.05) is 46.9 Å². The number of aromatic nitrogens is 1. The number of hydrogen-bond acceptors (Lipinski definition) is 6. The lowest BCUT2D eigenvalue weighted by atomic mass is 9.81. The summed E-state index contributed by atoms with van der Waals surface area (Å²) in [6, 6.07) is 12.7. The molecule has 9 nitrogen and oxygen atoms in total. The Hall–Kier alpha value is -2.92. The molecule has 1 amide bonds. The van der Waals surface area contributed by atoms with Gasteiger partial charge in [-0.05, 0) is 75.4 Å². The number of carbonyl (C=O) groups excluding carboxylic acids is 1.